The van der Waals surface area contributed by atoms with Crippen LogP contribution in [0.4, 0.5) is 0 Å². The van der Waals surface area contributed by atoms with Crippen LogP contribution in [0.15, 0.2) is 12.3 Å². The Kier molecular flexibility index (Phi) is 5.83. The van der Waals surface area contributed by atoms with Gasteiger partial charge in [-0.15, -0.1) is 0 Å². The van der Waals surface area contributed by atoms with Crippen LogP contribution in [0.25, 0.3) is 0 Å². The lowest BCUT2D eigenvalue weighted by Gasteiger charge is -2.39. The van der Waals surface area contributed by atoms with Crippen molar-refractivity contribution in [2.45, 2.75) is 39.3 Å². The maximum atomic E-state index is 12.9. The van der Waals surface area contributed by atoms with Crippen LogP contribution in [0.5, 0.6) is 0 Å². The molecule has 2 aromatic rings. The third-order valence-corrected chi connectivity index (χ3v) is 5.42. The average molecular weight is 388 g/mol. The fourth-order valence-electron chi connectivity index (χ4n) is 3.83. The predicted molar refractivity (Wildman–Crippen MR) is 102 cm³/mol. The van der Waals surface area contributed by atoms with E-state index in [1.54, 1.807) is 22.8 Å². The first-order valence-electron chi connectivity index (χ1n) is 9.50. The number of carbonyl (C=O) groups is 2. The molecule has 28 heavy (non-hydrogen) atoms. The van der Waals surface area contributed by atoms with Crippen molar-refractivity contribution in [3.05, 3.63) is 34.9 Å². The van der Waals surface area contributed by atoms with Crippen molar-refractivity contribution >= 4 is 11.8 Å². The van der Waals surface area contributed by atoms with Crippen molar-refractivity contribution in [1.82, 2.24) is 29.8 Å². The van der Waals surface area contributed by atoms with Crippen LogP contribution < -0.4 is 5.32 Å². The predicted octanol–water partition coefficient (Wildman–Crippen LogP) is 0.418. The highest BCUT2D eigenvalue weighted by molar-refractivity contribution is 5.86. The summed E-state index contributed by atoms with van der Waals surface area (Å²) < 4.78 is 9.19. The van der Waals surface area contributed by atoms with E-state index in [2.05, 4.69) is 15.5 Å². The molecule has 2 amide bonds. The second-order valence-electron chi connectivity index (χ2n) is 7.05. The topological polar surface area (TPSA) is 94.3 Å². The van der Waals surface area contributed by atoms with E-state index in [4.69, 9.17) is 4.74 Å². The Balaban J connectivity index is 1.73. The fraction of sp³-hybridized carbons (Fsp3) is 0.579. The van der Waals surface area contributed by atoms with Crippen LogP contribution in [-0.2, 0) is 34.8 Å². The summed E-state index contributed by atoms with van der Waals surface area (Å²) in [5, 5.41) is 11.6. The summed E-state index contributed by atoms with van der Waals surface area (Å²) in [6.07, 6.45) is 1.58. The Morgan fingerprint density at radius 1 is 1.32 bits per heavy atom. The SMILES string of the molecule is CCN1C(=O)CO[C@H](C(=O)NCCc2c(C)nn(C)c2C)[C@H]1c1ccnn1C. The highest BCUT2D eigenvalue weighted by atomic mass is 16.5. The number of nitrogens with one attached hydrogen (secondary N) is 1. The molecule has 152 valence electrons. The molecule has 0 saturated carbocycles. The lowest BCUT2D eigenvalue weighted by atomic mass is 10.0. The molecule has 3 heterocycles. The van der Waals surface area contributed by atoms with Gasteiger partial charge in [0, 0.05) is 39.1 Å². The van der Waals surface area contributed by atoms with Crippen LogP contribution in [0.1, 0.15) is 35.6 Å². The number of likely N-dealkylation sites (N-methyl/N-ethyl adjacent to an activating group) is 1. The van der Waals surface area contributed by atoms with E-state index >= 15 is 0 Å². The second-order valence-corrected chi connectivity index (χ2v) is 7.05. The number of hydrogen-bond acceptors (Lipinski definition) is 5. The number of hydrogen-bond donors (Lipinski definition) is 1. The molecule has 0 unspecified atom stereocenters. The summed E-state index contributed by atoms with van der Waals surface area (Å²) >= 11 is 0. The number of aromatic nitrogens is 4. The first kappa shape index (κ1) is 20.1. The number of ether oxygens (including phenoxy) is 1. The first-order valence-corrected chi connectivity index (χ1v) is 9.50. The Bertz CT molecular complexity index is 871. The van der Waals surface area contributed by atoms with Gasteiger partial charge in [-0.3, -0.25) is 19.0 Å². The van der Waals surface area contributed by atoms with Crippen molar-refractivity contribution < 1.29 is 14.3 Å². The van der Waals surface area contributed by atoms with Gasteiger partial charge in [-0.25, -0.2) is 0 Å². The minimum absolute atomic E-state index is 0.0961. The zero-order chi connectivity index (χ0) is 20.4. The molecule has 9 nitrogen and oxygen atoms in total. The van der Waals surface area contributed by atoms with E-state index in [0.717, 1.165) is 22.6 Å². The van der Waals surface area contributed by atoms with Crippen LogP contribution >= 0.6 is 0 Å². The van der Waals surface area contributed by atoms with Crippen molar-refractivity contribution in [3.8, 4) is 0 Å². The molecule has 1 N–H and O–H groups in total. The Morgan fingerprint density at radius 3 is 2.64 bits per heavy atom. The number of rotatable bonds is 6. The third-order valence-electron chi connectivity index (χ3n) is 5.42. The highest BCUT2D eigenvalue weighted by Gasteiger charge is 2.42. The fourth-order valence-corrected chi connectivity index (χ4v) is 3.83. The molecule has 0 aromatic carbocycles. The minimum Gasteiger partial charge on any atom is -0.356 e. The summed E-state index contributed by atoms with van der Waals surface area (Å²) in [5.41, 5.74) is 3.98. The summed E-state index contributed by atoms with van der Waals surface area (Å²) in [7, 11) is 3.71. The molecule has 3 rings (SSSR count). The molecule has 0 aliphatic carbocycles. The lowest BCUT2D eigenvalue weighted by Crippen LogP contribution is -2.54. The van der Waals surface area contributed by atoms with Gasteiger partial charge in [0.25, 0.3) is 5.91 Å². The van der Waals surface area contributed by atoms with E-state index in [1.807, 2.05) is 38.6 Å². The van der Waals surface area contributed by atoms with Crippen LogP contribution in [-0.4, -0.2) is 62.1 Å². The van der Waals surface area contributed by atoms with Crippen molar-refractivity contribution in [1.29, 1.82) is 0 Å². The standard InChI is InChI=1S/C19H28N6O3/c1-6-25-16(26)11-28-18(17(25)15-8-10-21-24(15)5)19(27)20-9-7-14-12(2)22-23(4)13(14)3/h8,10,17-18H,6-7,9,11H2,1-5H3,(H,20,27)/t17-,18+/m1/s1. The van der Waals surface area contributed by atoms with Crippen LogP contribution in [0, 0.1) is 13.8 Å². The number of amides is 2. The normalized spacial score (nSPS) is 19.9. The zero-order valence-electron chi connectivity index (χ0n) is 17.1. The molecule has 0 radical (unpaired) electrons. The first-order chi connectivity index (χ1) is 13.3. The largest absolute Gasteiger partial charge is 0.356 e. The highest BCUT2D eigenvalue weighted by Crippen LogP contribution is 2.29. The van der Waals surface area contributed by atoms with Gasteiger partial charge in [0.05, 0.1) is 11.4 Å². The van der Waals surface area contributed by atoms with E-state index in [0.29, 0.717) is 19.5 Å². The molecular weight excluding hydrogens is 360 g/mol. The summed E-state index contributed by atoms with van der Waals surface area (Å²) in [4.78, 5) is 26.9. The molecule has 0 spiro atoms. The maximum Gasteiger partial charge on any atom is 0.251 e. The number of nitrogens with zero attached hydrogens (tertiary/aromatic N) is 5. The van der Waals surface area contributed by atoms with Gasteiger partial charge in [-0.2, -0.15) is 10.2 Å². The molecule has 1 aliphatic heterocycles. The molecule has 1 fully saturated rings. The van der Waals surface area contributed by atoms with Gasteiger partial charge >= 0.3 is 0 Å². The summed E-state index contributed by atoms with van der Waals surface area (Å²) in [6.45, 7) is 6.76. The number of aryl methyl sites for hydroxylation is 3. The van der Waals surface area contributed by atoms with Crippen molar-refractivity contribution in [2.75, 3.05) is 19.7 Å². The van der Waals surface area contributed by atoms with Gasteiger partial charge < -0.3 is 15.0 Å². The zero-order valence-corrected chi connectivity index (χ0v) is 17.1. The Labute approximate surface area is 164 Å². The van der Waals surface area contributed by atoms with E-state index in [9.17, 15) is 9.59 Å². The van der Waals surface area contributed by atoms with Crippen molar-refractivity contribution in [3.63, 3.8) is 0 Å². The van der Waals surface area contributed by atoms with Gasteiger partial charge in [-0.1, -0.05) is 0 Å². The average Bonchev–Trinajstić information content (AvgIpc) is 3.18. The van der Waals surface area contributed by atoms with Gasteiger partial charge in [0.1, 0.15) is 12.6 Å². The molecule has 1 saturated heterocycles. The smallest absolute Gasteiger partial charge is 0.251 e. The summed E-state index contributed by atoms with van der Waals surface area (Å²) in [6, 6.07) is 1.32. The molecule has 2 atom stereocenters. The van der Waals surface area contributed by atoms with Crippen LogP contribution in [0.2, 0.25) is 0 Å². The minimum atomic E-state index is -0.774. The molecule has 1 aliphatic rings. The van der Waals surface area contributed by atoms with Crippen LogP contribution in [0.3, 0.4) is 0 Å². The third kappa shape index (κ3) is 3.66. The second kappa shape index (κ2) is 8.14. The quantitative estimate of drug-likeness (QED) is 0.774. The number of carbonyl (C=O) groups excluding carboxylic acids is 2. The van der Waals surface area contributed by atoms with Gasteiger partial charge in [0.2, 0.25) is 5.91 Å². The van der Waals surface area contributed by atoms with Crippen molar-refractivity contribution in [2.24, 2.45) is 14.1 Å². The monoisotopic (exact) mass is 388 g/mol. The van der Waals surface area contributed by atoms with Gasteiger partial charge in [0.15, 0.2) is 6.10 Å². The van der Waals surface area contributed by atoms with E-state index in [1.165, 1.54) is 0 Å². The van der Waals surface area contributed by atoms with E-state index in [-0.39, 0.29) is 18.4 Å². The Morgan fingerprint density at radius 2 is 2.07 bits per heavy atom. The molecular formula is C19H28N6O3. The van der Waals surface area contributed by atoms with E-state index < -0.39 is 12.1 Å². The molecule has 2 aromatic heterocycles. The molecule has 9 heteroatoms. The maximum absolute atomic E-state index is 12.9. The summed E-state index contributed by atoms with van der Waals surface area (Å²) in [5.74, 6) is -0.351. The molecule has 0 bridgehead atoms. The van der Waals surface area contributed by atoms with Gasteiger partial charge in [-0.05, 0) is 38.8 Å². The number of morpholine rings is 1. The Hall–Kier alpha value is -2.68. The lowest BCUT2D eigenvalue weighted by molar-refractivity contribution is -0.164.